The Hall–Kier alpha value is -1.52. The summed E-state index contributed by atoms with van der Waals surface area (Å²) in [6, 6.07) is 0. The molecule has 0 saturated heterocycles. The highest BCUT2D eigenvalue weighted by atomic mass is 16.4. The number of H-pyrrole nitrogens is 1. The van der Waals surface area contributed by atoms with E-state index in [0.717, 1.165) is 25.7 Å². The molecule has 0 aliphatic heterocycles. The van der Waals surface area contributed by atoms with Crippen molar-refractivity contribution in [1.82, 2.24) is 10.2 Å². The number of nitrogens with one attached hydrogen (secondary N) is 1. The van der Waals surface area contributed by atoms with Gasteiger partial charge < -0.3 is 10.8 Å². The number of nitrogen functional groups attached to an aromatic ring is 1. The maximum atomic E-state index is 10.9. The van der Waals surface area contributed by atoms with Crippen LogP contribution >= 0.6 is 0 Å². The molecule has 0 aromatic carbocycles. The first-order valence-corrected chi connectivity index (χ1v) is 4.77. The molecule has 0 atom stereocenters. The molecule has 0 amide bonds. The van der Waals surface area contributed by atoms with Crippen LogP contribution in [0.4, 0.5) is 5.82 Å². The van der Waals surface area contributed by atoms with Gasteiger partial charge in [-0.25, -0.2) is 4.79 Å². The summed E-state index contributed by atoms with van der Waals surface area (Å²) in [5, 5.41) is 15.1. The fraction of sp³-hybridized carbons (Fsp3) is 0.556. The van der Waals surface area contributed by atoms with Crippen LogP contribution in [0.15, 0.2) is 0 Å². The zero-order chi connectivity index (χ0) is 10.1. The van der Waals surface area contributed by atoms with E-state index in [4.69, 9.17) is 10.8 Å². The van der Waals surface area contributed by atoms with Crippen LogP contribution in [0.25, 0.3) is 0 Å². The van der Waals surface area contributed by atoms with Crippen molar-refractivity contribution in [2.45, 2.75) is 31.6 Å². The van der Waals surface area contributed by atoms with Crippen LogP contribution in [-0.2, 0) is 0 Å². The first-order valence-electron chi connectivity index (χ1n) is 4.77. The van der Waals surface area contributed by atoms with Crippen LogP contribution in [0.3, 0.4) is 0 Å². The van der Waals surface area contributed by atoms with Crippen LogP contribution in [0, 0.1) is 0 Å². The van der Waals surface area contributed by atoms with Crippen molar-refractivity contribution in [3.63, 3.8) is 0 Å². The predicted molar refractivity (Wildman–Crippen MR) is 51.2 cm³/mol. The number of aromatic carboxylic acids is 1. The lowest BCUT2D eigenvalue weighted by Crippen LogP contribution is -2.05. The zero-order valence-corrected chi connectivity index (χ0v) is 7.79. The number of nitrogens with zero attached hydrogens (tertiary/aromatic N) is 1. The van der Waals surface area contributed by atoms with E-state index in [0.29, 0.717) is 11.4 Å². The van der Waals surface area contributed by atoms with Gasteiger partial charge in [-0.2, -0.15) is 5.10 Å². The molecule has 1 aromatic rings. The summed E-state index contributed by atoms with van der Waals surface area (Å²) in [5.74, 6) is -0.356. The number of carboxylic acid groups (broad SMARTS) is 1. The minimum absolute atomic E-state index is 0.161. The third-order valence-electron chi connectivity index (χ3n) is 2.81. The molecule has 4 N–H and O–H groups in total. The minimum atomic E-state index is -0.976. The van der Waals surface area contributed by atoms with Gasteiger partial charge >= 0.3 is 5.97 Å². The molecule has 1 saturated carbocycles. The largest absolute Gasteiger partial charge is 0.477 e. The molecule has 5 heteroatoms. The summed E-state index contributed by atoms with van der Waals surface area (Å²) in [4.78, 5) is 10.9. The highest BCUT2D eigenvalue weighted by molar-refractivity contribution is 5.88. The lowest BCUT2D eigenvalue weighted by Gasteiger charge is -2.08. The van der Waals surface area contributed by atoms with Crippen LogP contribution in [0.2, 0.25) is 0 Å². The van der Waals surface area contributed by atoms with Gasteiger partial charge in [-0.3, -0.25) is 5.10 Å². The molecule has 5 nitrogen and oxygen atoms in total. The molecule has 1 heterocycles. The van der Waals surface area contributed by atoms with E-state index in [1.54, 1.807) is 0 Å². The molecule has 0 bridgehead atoms. The van der Waals surface area contributed by atoms with Crippen molar-refractivity contribution in [2.75, 3.05) is 5.73 Å². The molecular weight excluding hydrogens is 182 g/mol. The van der Waals surface area contributed by atoms with Crippen LogP contribution in [-0.4, -0.2) is 21.3 Å². The molecular formula is C9H13N3O2. The Balaban J connectivity index is 2.38. The van der Waals surface area contributed by atoms with E-state index in [-0.39, 0.29) is 11.6 Å². The average Bonchev–Trinajstić information content (AvgIpc) is 2.71. The molecule has 1 aliphatic carbocycles. The molecule has 0 unspecified atom stereocenters. The Bertz CT molecular complexity index is 353. The summed E-state index contributed by atoms with van der Waals surface area (Å²) in [5.41, 5.74) is 6.52. The summed E-state index contributed by atoms with van der Waals surface area (Å²) in [6.45, 7) is 0. The van der Waals surface area contributed by atoms with E-state index >= 15 is 0 Å². The number of anilines is 1. The number of carbonyl (C=O) groups is 1. The molecule has 14 heavy (non-hydrogen) atoms. The topological polar surface area (TPSA) is 92.0 Å². The lowest BCUT2D eigenvalue weighted by molar-refractivity contribution is 0.0688. The smallest absolute Gasteiger partial charge is 0.354 e. The molecule has 1 fully saturated rings. The Morgan fingerprint density at radius 1 is 1.50 bits per heavy atom. The van der Waals surface area contributed by atoms with E-state index in [2.05, 4.69) is 10.2 Å². The van der Waals surface area contributed by atoms with Gasteiger partial charge in [0, 0.05) is 5.56 Å². The highest BCUT2D eigenvalue weighted by Crippen LogP contribution is 2.37. The number of aromatic nitrogens is 2. The van der Waals surface area contributed by atoms with Crippen molar-refractivity contribution >= 4 is 11.8 Å². The molecule has 1 aromatic heterocycles. The zero-order valence-electron chi connectivity index (χ0n) is 7.79. The highest BCUT2D eigenvalue weighted by Gasteiger charge is 2.27. The standard InChI is InChI=1S/C9H13N3O2/c10-8-6(5-3-1-2-4-5)7(9(13)14)11-12-8/h5H,1-4H2,(H,13,14)(H3,10,11,12). The maximum absolute atomic E-state index is 10.9. The summed E-state index contributed by atoms with van der Waals surface area (Å²) in [7, 11) is 0. The van der Waals surface area contributed by atoms with Gasteiger partial charge in [0.15, 0.2) is 0 Å². The second-order valence-corrected chi connectivity index (χ2v) is 3.68. The van der Waals surface area contributed by atoms with Crippen LogP contribution in [0.1, 0.15) is 47.7 Å². The Kier molecular flexibility index (Phi) is 2.15. The van der Waals surface area contributed by atoms with E-state index < -0.39 is 5.97 Å². The van der Waals surface area contributed by atoms with Crippen molar-refractivity contribution in [1.29, 1.82) is 0 Å². The Morgan fingerprint density at radius 2 is 2.14 bits per heavy atom. The van der Waals surface area contributed by atoms with Gasteiger partial charge in [-0.15, -0.1) is 0 Å². The molecule has 76 valence electrons. The number of carboxylic acids is 1. The number of aromatic amines is 1. The number of rotatable bonds is 2. The number of hydrogen-bond donors (Lipinski definition) is 3. The van der Waals surface area contributed by atoms with Crippen molar-refractivity contribution in [2.24, 2.45) is 0 Å². The van der Waals surface area contributed by atoms with E-state index in [1.165, 1.54) is 0 Å². The Morgan fingerprint density at radius 3 is 2.71 bits per heavy atom. The quantitative estimate of drug-likeness (QED) is 0.664. The average molecular weight is 195 g/mol. The SMILES string of the molecule is Nc1n[nH]c(C(=O)O)c1C1CCCC1. The minimum Gasteiger partial charge on any atom is -0.477 e. The van der Waals surface area contributed by atoms with E-state index in [9.17, 15) is 4.79 Å². The summed E-state index contributed by atoms with van der Waals surface area (Å²) >= 11 is 0. The Labute approximate surface area is 81.3 Å². The maximum Gasteiger partial charge on any atom is 0.354 e. The van der Waals surface area contributed by atoms with Gasteiger partial charge in [0.1, 0.15) is 11.5 Å². The molecule has 2 rings (SSSR count). The first kappa shape index (κ1) is 9.05. The van der Waals surface area contributed by atoms with Gasteiger partial charge in [0.05, 0.1) is 0 Å². The van der Waals surface area contributed by atoms with Gasteiger partial charge in [-0.1, -0.05) is 12.8 Å². The van der Waals surface area contributed by atoms with Crippen molar-refractivity contribution < 1.29 is 9.90 Å². The number of hydrogen-bond acceptors (Lipinski definition) is 3. The van der Waals surface area contributed by atoms with Gasteiger partial charge in [0.2, 0.25) is 0 Å². The van der Waals surface area contributed by atoms with Crippen molar-refractivity contribution in [3.05, 3.63) is 11.3 Å². The normalized spacial score (nSPS) is 17.4. The third-order valence-corrected chi connectivity index (χ3v) is 2.81. The van der Waals surface area contributed by atoms with E-state index in [1.807, 2.05) is 0 Å². The third kappa shape index (κ3) is 1.34. The van der Waals surface area contributed by atoms with Gasteiger partial charge in [0.25, 0.3) is 0 Å². The fourth-order valence-electron chi connectivity index (χ4n) is 2.16. The van der Waals surface area contributed by atoms with Gasteiger partial charge in [-0.05, 0) is 18.8 Å². The second-order valence-electron chi connectivity index (χ2n) is 3.68. The van der Waals surface area contributed by atoms with Crippen LogP contribution < -0.4 is 5.73 Å². The first-order chi connectivity index (χ1) is 6.70. The lowest BCUT2D eigenvalue weighted by atomic mass is 9.97. The number of nitrogens with two attached hydrogens (primary N) is 1. The second kappa shape index (κ2) is 3.32. The predicted octanol–water partition coefficient (Wildman–Crippen LogP) is 1.35. The summed E-state index contributed by atoms with van der Waals surface area (Å²) < 4.78 is 0. The molecule has 1 aliphatic rings. The van der Waals surface area contributed by atoms with Crippen LogP contribution in [0.5, 0.6) is 0 Å². The molecule has 0 spiro atoms. The molecule has 0 radical (unpaired) electrons. The fourth-order valence-corrected chi connectivity index (χ4v) is 2.16. The monoisotopic (exact) mass is 195 g/mol. The summed E-state index contributed by atoms with van der Waals surface area (Å²) in [6.07, 6.45) is 4.33. The van der Waals surface area contributed by atoms with Crippen molar-refractivity contribution in [3.8, 4) is 0 Å².